The summed E-state index contributed by atoms with van der Waals surface area (Å²) in [6.07, 6.45) is 2.23. The monoisotopic (exact) mass is 229 g/mol. The maximum atomic E-state index is 12.6. The van der Waals surface area contributed by atoms with Gasteiger partial charge in [-0.3, -0.25) is 10.1 Å². The van der Waals surface area contributed by atoms with Crippen molar-refractivity contribution in [3.63, 3.8) is 0 Å². The molecule has 0 radical (unpaired) electrons. The van der Waals surface area contributed by atoms with Gasteiger partial charge in [0.25, 0.3) is 0 Å². The first-order valence-electron chi connectivity index (χ1n) is 5.11. The first-order valence-corrected chi connectivity index (χ1v) is 5.11. The van der Waals surface area contributed by atoms with Gasteiger partial charge in [-0.15, -0.1) is 0 Å². The van der Waals surface area contributed by atoms with E-state index >= 15 is 0 Å². The maximum absolute atomic E-state index is 12.6. The molecule has 0 aromatic heterocycles. The summed E-state index contributed by atoms with van der Waals surface area (Å²) >= 11 is 0. The summed E-state index contributed by atoms with van der Waals surface area (Å²) < 4.78 is 25.0. The highest BCUT2D eigenvalue weighted by Crippen LogP contribution is 2.40. The van der Waals surface area contributed by atoms with Crippen molar-refractivity contribution in [1.82, 2.24) is 0 Å². The Kier molecular flexibility index (Phi) is 4.34. The van der Waals surface area contributed by atoms with E-state index in [2.05, 4.69) is 0 Å². The summed E-state index contributed by atoms with van der Waals surface area (Å²) in [6.45, 7) is 1.53. The topological polar surface area (TPSA) is 43.1 Å². The van der Waals surface area contributed by atoms with E-state index in [9.17, 15) is 18.9 Å². The van der Waals surface area contributed by atoms with E-state index in [1.165, 1.54) is 19.1 Å². The Hall–Kier alpha value is -1.52. The van der Waals surface area contributed by atoms with E-state index in [0.29, 0.717) is 5.92 Å². The van der Waals surface area contributed by atoms with Crippen LogP contribution in [0.4, 0.5) is 8.78 Å². The Balaban J connectivity index is 0.000000221. The lowest BCUT2D eigenvalue weighted by Crippen LogP contribution is -1.92. The van der Waals surface area contributed by atoms with E-state index in [4.69, 9.17) is 0 Å². The SMILES string of the molecule is CC[N+](=O)[O-].Fc1ccc(C2CC2)cc1F. The summed E-state index contributed by atoms with van der Waals surface area (Å²) in [7, 11) is 0. The highest BCUT2D eigenvalue weighted by Gasteiger charge is 2.24. The van der Waals surface area contributed by atoms with Gasteiger partial charge in [-0.25, -0.2) is 8.78 Å². The van der Waals surface area contributed by atoms with Gasteiger partial charge in [0.1, 0.15) is 0 Å². The quantitative estimate of drug-likeness (QED) is 0.577. The van der Waals surface area contributed by atoms with Crippen LogP contribution in [0.3, 0.4) is 0 Å². The van der Waals surface area contributed by atoms with Crippen molar-refractivity contribution < 1.29 is 13.7 Å². The van der Waals surface area contributed by atoms with Crippen molar-refractivity contribution in [2.75, 3.05) is 6.54 Å². The average molecular weight is 229 g/mol. The molecular formula is C11H13F2NO2. The summed E-state index contributed by atoms with van der Waals surface area (Å²) in [4.78, 5) is 8.80. The summed E-state index contributed by atoms with van der Waals surface area (Å²) in [5.74, 6) is -0.992. The number of benzene rings is 1. The fourth-order valence-corrected chi connectivity index (χ4v) is 1.18. The van der Waals surface area contributed by atoms with Crippen LogP contribution in [0, 0.1) is 21.7 Å². The van der Waals surface area contributed by atoms with E-state index in [1.54, 1.807) is 6.07 Å². The van der Waals surface area contributed by atoms with Gasteiger partial charge in [-0.1, -0.05) is 6.07 Å². The third-order valence-electron chi connectivity index (χ3n) is 2.25. The fourth-order valence-electron chi connectivity index (χ4n) is 1.18. The molecule has 1 aliphatic rings. The Bertz CT molecular complexity index is 378. The first kappa shape index (κ1) is 12.5. The standard InChI is InChI=1S/C9H8F2.C2H5NO2/c10-8-4-3-7(5-9(8)11)6-1-2-6;1-2-3(4)5/h3-6H,1-2H2;2H2,1H3. The van der Waals surface area contributed by atoms with Gasteiger partial charge in [0, 0.05) is 11.8 Å². The molecule has 0 spiro atoms. The third kappa shape index (κ3) is 3.92. The van der Waals surface area contributed by atoms with Crippen molar-refractivity contribution in [2.45, 2.75) is 25.7 Å². The van der Waals surface area contributed by atoms with Gasteiger partial charge >= 0.3 is 0 Å². The van der Waals surface area contributed by atoms with Crippen molar-refractivity contribution in [3.8, 4) is 0 Å². The highest BCUT2D eigenvalue weighted by atomic mass is 19.2. The number of nitrogens with zero attached hydrogens (tertiary/aromatic N) is 1. The lowest BCUT2D eigenvalue weighted by molar-refractivity contribution is -0.475. The minimum Gasteiger partial charge on any atom is -0.265 e. The molecule has 3 nitrogen and oxygen atoms in total. The summed E-state index contributed by atoms with van der Waals surface area (Å²) in [6, 6.07) is 4.16. The van der Waals surface area contributed by atoms with Gasteiger partial charge in [0.2, 0.25) is 6.54 Å². The largest absolute Gasteiger partial charge is 0.265 e. The van der Waals surface area contributed by atoms with Crippen molar-refractivity contribution in [3.05, 3.63) is 45.5 Å². The van der Waals surface area contributed by atoms with Crippen LogP contribution < -0.4 is 0 Å². The smallest absolute Gasteiger partial charge is 0.201 e. The van der Waals surface area contributed by atoms with E-state index in [0.717, 1.165) is 18.4 Å². The van der Waals surface area contributed by atoms with Crippen molar-refractivity contribution in [2.24, 2.45) is 0 Å². The first-order chi connectivity index (χ1) is 7.54. The van der Waals surface area contributed by atoms with Gasteiger partial charge in [-0.2, -0.15) is 0 Å². The third-order valence-corrected chi connectivity index (χ3v) is 2.25. The summed E-state index contributed by atoms with van der Waals surface area (Å²) in [5, 5.41) is 9.17. The van der Waals surface area contributed by atoms with Crippen LogP contribution in [-0.2, 0) is 0 Å². The second-order valence-corrected chi connectivity index (χ2v) is 3.60. The van der Waals surface area contributed by atoms with Crippen molar-refractivity contribution >= 4 is 0 Å². The Morgan fingerprint density at radius 3 is 2.31 bits per heavy atom. The second-order valence-electron chi connectivity index (χ2n) is 3.60. The Morgan fingerprint density at radius 1 is 1.38 bits per heavy atom. The highest BCUT2D eigenvalue weighted by molar-refractivity contribution is 5.24. The van der Waals surface area contributed by atoms with Crippen LogP contribution >= 0.6 is 0 Å². The molecular weight excluding hydrogens is 216 g/mol. The van der Waals surface area contributed by atoms with Gasteiger partial charge in [0.05, 0.1) is 0 Å². The minimum absolute atomic E-state index is 0.0278. The predicted octanol–water partition coefficient (Wildman–Crippen LogP) is 3.13. The molecule has 0 bridgehead atoms. The van der Waals surface area contributed by atoms with E-state index in [-0.39, 0.29) is 11.5 Å². The maximum Gasteiger partial charge on any atom is 0.201 e. The number of nitro groups is 1. The zero-order chi connectivity index (χ0) is 12.1. The number of rotatable bonds is 2. The lowest BCUT2D eigenvalue weighted by Gasteiger charge is -1.97. The molecule has 0 unspecified atom stereocenters. The molecule has 0 atom stereocenters. The van der Waals surface area contributed by atoms with Crippen LogP contribution in [0.1, 0.15) is 31.2 Å². The van der Waals surface area contributed by atoms with Crippen LogP contribution in [0.5, 0.6) is 0 Å². The second kappa shape index (κ2) is 5.53. The molecule has 2 rings (SSSR count). The molecule has 0 saturated heterocycles. The number of hydrogen-bond acceptors (Lipinski definition) is 2. The molecule has 88 valence electrons. The Labute approximate surface area is 92.2 Å². The zero-order valence-electron chi connectivity index (χ0n) is 8.95. The Morgan fingerprint density at radius 2 is 1.94 bits per heavy atom. The molecule has 1 saturated carbocycles. The van der Waals surface area contributed by atoms with Crippen LogP contribution in [0.15, 0.2) is 18.2 Å². The molecule has 0 N–H and O–H groups in total. The molecule has 1 aromatic carbocycles. The molecule has 1 aliphatic carbocycles. The average Bonchev–Trinajstić information content (AvgIpc) is 3.06. The van der Waals surface area contributed by atoms with Gasteiger partial charge in [0.15, 0.2) is 11.6 Å². The predicted molar refractivity (Wildman–Crippen MR) is 55.9 cm³/mol. The molecule has 16 heavy (non-hydrogen) atoms. The molecule has 5 heteroatoms. The normalized spacial score (nSPS) is 13.9. The lowest BCUT2D eigenvalue weighted by atomic mass is 10.1. The molecule has 0 aliphatic heterocycles. The number of hydrogen-bond donors (Lipinski definition) is 0. The van der Waals surface area contributed by atoms with E-state index in [1.807, 2.05) is 0 Å². The van der Waals surface area contributed by atoms with Crippen LogP contribution in [-0.4, -0.2) is 11.5 Å². The molecule has 0 heterocycles. The molecule has 1 aromatic rings. The zero-order valence-corrected chi connectivity index (χ0v) is 8.95. The molecule has 1 fully saturated rings. The summed E-state index contributed by atoms with van der Waals surface area (Å²) in [5.41, 5.74) is 0.934. The minimum atomic E-state index is -0.755. The van der Waals surface area contributed by atoms with Gasteiger partial charge in [-0.05, 0) is 36.5 Å². The number of halogens is 2. The van der Waals surface area contributed by atoms with Gasteiger partial charge < -0.3 is 0 Å². The van der Waals surface area contributed by atoms with E-state index < -0.39 is 11.6 Å². The van der Waals surface area contributed by atoms with Crippen LogP contribution in [0.2, 0.25) is 0 Å². The molecule has 0 amide bonds. The van der Waals surface area contributed by atoms with Crippen molar-refractivity contribution in [1.29, 1.82) is 0 Å². The van der Waals surface area contributed by atoms with Crippen LogP contribution in [0.25, 0.3) is 0 Å². The fraction of sp³-hybridized carbons (Fsp3) is 0.455.